The minimum Gasteiger partial charge on any atom is -0.352 e. The van der Waals surface area contributed by atoms with Crippen LogP contribution in [0.3, 0.4) is 0 Å². The molecule has 0 unspecified atom stereocenters. The van der Waals surface area contributed by atoms with E-state index in [1.54, 1.807) is 11.3 Å². The van der Waals surface area contributed by atoms with E-state index in [1.807, 2.05) is 11.4 Å². The maximum Gasteiger partial charge on any atom is 0.252 e. The maximum atomic E-state index is 11.7. The Balaban J connectivity index is 2.03. The summed E-state index contributed by atoms with van der Waals surface area (Å²) in [5, 5.41) is 4.84. The van der Waals surface area contributed by atoms with Gasteiger partial charge in [-0.3, -0.25) is 4.79 Å². The molecule has 1 N–H and O–H groups in total. The van der Waals surface area contributed by atoms with Crippen LogP contribution in [0, 0.1) is 5.92 Å². The summed E-state index contributed by atoms with van der Waals surface area (Å²) in [6.07, 6.45) is 6.19. The average Bonchev–Trinajstić information content (AvgIpc) is 2.74. The van der Waals surface area contributed by atoms with E-state index in [2.05, 4.69) is 35.1 Å². The number of hydrogen-bond donors (Lipinski definition) is 1. The van der Waals surface area contributed by atoms with Gasteiger partial charge in [-0.2, -0.15) is 0 Å². The molecular formula is C14H22BrNOS. The van der Waals surface area contributed by atoms with Crippen molar-refractivity contribution < 1.29 is 4.79 Å². The van der Waals surface area contributed by atoms with Crippen molar-refractivity contribution in [3.63, 3.8) is 0 Å². The standard InChI is InChI=1S/C14H22BrNOS/c1-11(2)7-5-3-4-6-8-16-14(17)12-9-13(15)18-10-12/h9-11H,3-8H2,1-2H3,(H,16,17). The Hall–Kier alpha value is -0.350. The van der Waals surface area contributed by atoms with Crippen molar-refractivity contribution in [1.29, 1.82) is 0 Å². The van der Waals surface area contributed by atoms with Crippen LogP contribution in [0.2, 0.25) is 0 Å². The SMILES string of the molecule is CC(C)CCCCCCNC(=O)c1csc(Br)c1. The zero-order valence-corrected chi connectivity index (χ0v) is 13.6. The molecule has 0 bridgehead atoms. The van der Waals surface area contributed by atoms with E-state index in [1.165, 1.54) is 25.7 Å². The number of rotatable bonds is 8. The molecule has 1 aromatic heterocycles. The van der Waals surface area contributed by atoms with Crippen LogP contribution in [0.1, 0.15) is 56.3 Å². The second-order valence-corrected chi connectivity index (χ2v) is 7.28. The van der Waals surface area contributed by atoms with E-state index in [0.29, 0.717) is 0 Å². The number of amides is 1. The Labute approximate surface area is 122 Å². The van der Waals surface area contributed by atoms with Crippen molar-refractivity contribution >= 4 is 33.2 Å². The van der Waals surface area contributed by atoms with E-state index < -0.39 is 0 Å². The van der Waals surface area contributed by atoms with E-state index in [9.17, 15) is 4.79 Å². The van der Waals surface area contributed by atoms with Crippen molar-refractivity contribution in [3.8, 4) is 0 Å². The van der Waals surface area contributed by atoms with Gasteiger partial charge in [0.1, 0.15) is 0 Å². The number of halogens is 1. The van der Waals surface area contributed by atoms with Gasteiger partial charge in [0.2, 0.25) is 0 Å². The van der Waals surface area contributed by atoms with Crippen molar-refractivity contribution in [2.45, 2.75) is 46.0 Å². The molecule has 0 aliphatic rings. The molecule has 1 aromatic rings. The van der Waals surface area contributed by atoms with Crippen LogP contribution < -0.4 is 5.32 Å². The smallest absolute Gasteiger partial charge is 0.252 e. The molecule has 0 fully saturated rings. The fourth-order valence-electron chi connectivity index (χ4n) is 1.76. The van der Waals surface area contributed by atoms with Crippen molar-refractivity contribution in [2.24, 2.45) is 5.92 Å². The maximum absolute atomic E-state index is 11.7. The topological polar surface area (TPSA) is 29.1 Å². The van der Waals surface area contributed by atoms with Gasteiger partial charge in [-0.05, 0) is 34.3 Å². The largest absolute Gasteiger partial charge is 0.352 e. The van der Waals surface area contributed by atoms with E-state index in [4.69, 9.17) is 0 Å². The van der Waals surface area contributed by atoms with Crippen molar-refractivity contribution in [1.82, 2.24) is 5.32 Å². The lowest BCUT2D eigenvalue weighted by atomic mass is 10.0. The zero-order chi connectivity index (χ0) is 13.4. The lowest BCUT2D eigenvalue weighted by molar-refractivity contribution is 0.0953. The van der Waals surface area contributed by atoms with Gasteiger partial charge in [-0.15, -0.1) is 11.3 Å². The molecule has 0 saturated carbocycles. The fourth-order valence-corrected chi connectivity index (χ4v) is 2.90. The van der Waals surface area contributed by atoms with Crippen LogP contribution in [0.4, 0.5) is 0 Å². The first-order chi connectivity index (χ1) is 8.59. The molecule has 0 spiro atoms. The summed E-state index contributed by atoms with van der Waals surface area (Å²) in [7, 11) is 0. The molecule has 0 aliphatic carbocycles. The van der Waals surface area contributed by atoms with Gasteiger partial charge >= 0.3 is 0 Å². The third-order valence-electron chi connectivity index (χ3n) is 2.82. The average molecular weight is 332 g/mol. The highest BCUT2D eigenvalue weighted by Crippen LogP contribution is 2.20. The second-order valence-electron chi connectivity index (χ2n) is 4.99. The predicted octanol–water partition coefficient (Wildman–Crippen LogP) is 4.85. The zero-order valence-electron chi connectivity index (χ0n) is 11.2. The van der Waals surface area contributed by atoms with Crippen LogP contribution in [-0.2, 0) is 0 Å². The third-order valence-corrected chi connectivity index (χ3v) is 4.33. The monoisotopic (exact) mass is 331 g/mol. The summed E-state index contributed by atoms with van der Waals surface area (Å²) < 4.78 is 1.00. The highest BCUT2D eigenvalue weighted by Gasteiger charge is 2.06. The normalized spacial score (nSPS) is 10.9. The third kappa shape index (κ3) is 6.55. The summed E-state index contributed by atoms with van der Waals surface area (Å²) in [6, 6.07) is 1.86. The van der Waals surface area contributed by atoms with Gasteiger partial charge in [0, 0.05) is 11.9 Å². The molecule has 1 heterocycles. The molecule has 18 heavy (non-hydrogen) atoms. The summed E-state index contributed by atoms with van der Waals surface area (Å²) >= 11 is 4.90. The van der Waals surface area contributed by atoms with Gasteiger partial charge in [0.15, 0.2) is 0 Å². The van der Waals surface area contributed by atoms with Crippen LogP contribution in [0.25, 0.3) is 0 Å². The molecule has 0 radical (unpaired) electrons. The predicted molar refractivity (Wildman–Crippen MR) is 82.3 cm³/mol. The van der Waals surface area contributed by atoms with E-state index in [0.717, 1.165) is 28.2 Å². The van der Waals surface area contributed by atoms with Crippen LogP contribution in [0.15, 0.2) is 15.2 Å². The molecule has 1 rings (SSSR count). The van der Waals surface area contributed by atoms with Gasteiger partial charge < -0.3 is 5.32 Å². The van der Waals surface area contributed by atoms with Gasteiger partial charge in [0.25, 0.3) is 5.91 Å². The lowest BCUT2D eigenvalue weighted by Crippen LogP contribution is -2.23. The van der Waals surface area contributed by atoms with Crippen molar-refractivity contribution in [2.75, 3.05) is 6.54 Å². The minimum absolute atomic E-state index is 0.0409. The highest BCUT2D eigenvalue weighted by atomic mass is 79.9. The number of nitrogens with one attached hydrogen (secondary N) is 1. The molecule has 4 heteroatoms. The fraction of sp³-hybridized carbons (Fsp3) is 0.643. The summed E-state index contributed by atoms with van der Waals surface area (Å²) in [5.41, 5.74) is 0.756. The second kappa shape index (κ2) is 8.70. The first kappa shape index (κ1) is 15.7. The first-order valence-corrected chi connectivity index (χ1v) is 8.29. The Morgan fingerprint density at radius 2 is 2.06 bits per heavy atom. The van der Waals surface area contributed by atoms with E-state index in [-0.39, 0.29) is 5.91 Å². The van der Waals surface area contributed by atoms with Gasteiger partial charge in [-0.25, -0.2) is 0 Å². The van der Waals surface area contributed by atoms with Crippen molar-refractivity contribution in [3.05, 3.63) is 20.8 Å². The van der Waals surface area contributed by atoms with Crippen LogP contribution in [-0.4, -0.2) is 12.5 Å². The van der Waals surface area contributed by atoms with Gasteiger partial charge in [0.05, 0.1) is 9.35 Å². The summed E-state index contributed by atoms with van der Waals surface area (Å²) in [5.74, 6) is 0.848. The number of unbranched alkanes of at least 4 members (excludes halogenated alkanes) is 3. The summed E-state index contributed by atoms with van der Waals surface area (Å²) in [4.78, 5) is 11.7. The van der Waals surface area contributed by atoms with E-state index >= 15 is 0 Å². The van der Waals surface area contributed by atoms with Gasteiger partial charge in [-0.1, -0.05) is 39.5 Å². The number of carbonyl (C=O) groups excluding carboxylic acids is 1. The molecular weight excluding hydrogens is 310 g/mol. The Kier molecular flexibility index (Phi) is 7.59. The molecule has 0 aliphatic heterocycles. The first-order valence-electron chi connectivity index (χ1n) is 6.62. The molecule has 2 nitrogen and oxygen atoms in total. The number of carbonyl (C=O) groups is 1. The lowest BCUT2D eigenvalue weighted by Gasteiger charge is -2.05. The number of hydrogen-bond acceptors (Lipinski definition) is 2. The van der Waals surface area contributed by atoms with Crippen LogP contribution >= 0.6 is 27.3 Å². The quantitative estimate of drug-likeness (QED) is 0.678. The highest BCUT2D eigenvalue weighted by molar-refractivity contribution is 9.11. The molecule has 102 valence electrons. The Morgan fingerprint density at radius 1 is 1.33 bits per heavy atom. The molecule has 1 amide bonds. The Morgan fingerprint density at radius 3 is 2.67 bits per heavy atom. The molecule has 0 atom stereocenters. The molecule has 0 saturated heterocycles. The number of thiophene rings is 1. The molecule has 0 aromatic carbocycles. The Bertz CT molecular complexity index is 362. The van der Waals surface area contributed by atoms with Crippen LogP contribution in [0.5, 0.6) is 0 Å². The summed E-state index contributed by atoms with van der Waals surface area (Å²) in [6.45, 7) is 5.31. The minimum atomic E-state index is 0.0409.